The maximum atomic E-state index is 4.38. The minimum absolute atomic E-state index is 0.716. The van der Waals surface area contributed by atoms with E-state index in [0.717, 1.165) is 22.7 Å². The molecule has 1 heterocycles. The normalized spacial score (nSPS) is 10.1. The standard InChI is InChI=1S/C10H15BrN4/c1-8(11)6-12-7-9-4-5-13-10(14-9)15(2)3/h4-5,12H,1,6-7H2,2-3H3. The molecular weight excluding hydrogens is 256 g/mol. The van der Waals surface area contributed by atoms with Crippen LogP contribution in [-0.2, 0) is 6.54 Å². The Bertz CT molecular complexity index is 338. The molecule has 0 bridgehead atoms. The molecule has 1 N–H and O–H groups in total. The van der Waals surface area contributed by atoms with Crippen molar-refractivity contribution in [3.05, 3.63) is 29.0 Å². The molecule has 0 aromatic carbocycles. The second-order valence-electron chi connectivity index (χ2n) is 3.36. The van der Waals surface area contributed by atoms with Crippen molar-refractivity contribution < 1.29 is 0 Å². The van der Waals surface area contributed by atoms with E-state index >= 15 is 0 Å². The second-order valence-corrected chi connectivity index (χ2v) is 4.48. The average molecular weight is 271 g/mol. The molecule has 1 aromatic heterocycles. The van der Waals surface area contributed by atoms with Crippen LogP contribution in [0.2, 0.25) is 0 Å². The largest absolute Gasteiger partial charge is 0.347 e. The Kier molecular flexibility index (Phi) is 4.71. The van der Waals surface area contributed by atoms with E-state index in [1.165, 1.54) is 0 Å². The number of halogens is 1. The van der Waals surface area contributed by atoms with Crippen molar-refractivity contribution in [2.24, 2.45) is 0 Å². The fourth-order valence-electron chi connectivity index (χ4n) is 1.02. The Morgan fingerprint density at radius 3 is 2.93 bits per heavy atom. The van der Waals surface area contributed by atoms with Gasteiger partial charge in [-0.05, 0) is 6.07 Å². The lowest BCUT2D eigenvalue weighted by atomic mass is 10.4. The molecule has 0 amide bonds. The fraction of sp³-hybridized carbons (Fsp3) is 0.400. The third-order valence-electron chi connectivity index (χ3n) is 1.72. The van der Waals surface area contributed by atoms with Gasteiger partial charge in [0.25, 0.3) is 0 Å². The van der Waals surface area contributed by atoms with Gasteiger partial charge >= 0.3 is 0 Å². The van der Waals surface area contributed by atoms with Gasteiger partial charge in [-0.3, -0.25) is 0 Å². The highest BCUT2D eigenvalue weighted by atomic mass is 79.9. The molecule has 0 saturated carbocycles. The van der Waals surface area contributed by atoms with Crippen molar-refractivity contribution in [3.8, 4) is 0 Å². The van der Waals surface area contributed by atoms with Crippen molar-refractivity contribution >= 4 is 21.9 Å². The predicted octanol–water partition coefficient (Wildman–Crippen LogP) is 1.54. The molecular formula is C10H15BrN4. The molecule has 0 fully saturated rings. The Hall–Kier alpha value is -0.940. The van der Waals surface area contributed by atoms with E-state index < -0.39 is 0 Å². The molecule has 0 radical (unpaired) electrons. The number of aromatic nitrogens is 2. The molecule has 0 aliphatic carbocycles. The van der Waals surface area contributed by atoms with Gasteiger partial charge in [0.1, 0.15) is 0 Å². The molecule has 1 aromatic rings. The van der Waals surface area contributed by atoms with Crippen molar-refractivity contribution in [2.45, 2.75) is 6.54 Å². The van der Waals surface area contributed by atoms with Crippen LogP contribution in [0, 0.1) is 0 Å². The second kappa shape index (κ2) is 5.82. The summed E-state index contributed by atoms with van der Waals surface area (Å²) in [6, 6.07) is 1.90. The maximum Gasteiger partial charge on any atom is 0.225 e. The van der Waals surface area contributed by atoms with Crippen molar-refractivity contribution in [1.82, 2.24) is 15.3 Å². The van der Waals surface area contributed by atoms with Gasteiger partial charge in [0.15, 0.2) is 0 Å². The lowest BCUT2D eigenvalue weighted by Crippen LogP contribution is -2.18. The summed E-state index contributed by atoms with van der Waals surface area (Å²) in [6.07, 6.45) is 1.77. The predicted molar refractivity (Wildman–Crippen MR) is 66.1 cm³/mol. The van der Waals surface area contributed by atoms with E-state index in [9.17, 15) is 0 Å². The highest BCUT2D eigenvalue weighted by Crippen LogP contribution is 2.03. The van der Waals surface area contributed by atoms with Crippen LogP contribution in [0.25, 0.3) is 0 Å². The van der Waals surface area contributed by atoms with Crippen LogP contribution < -0.4 is 10.2 Å². The topological polar surface area (TPSA) is 41.1 Å². The fourth-order valence-corrected chi connectivity index (χ4v) is 1.22. The van der Waals surface area contributed by atoms with Gasteiger partial charge in [0, 0.05) is 37.9 Å². The third-order valence-corrected chi connectivity index (χ3v) is 2.00. The van der Waals surface area contributed by atoms with Crippen LogP contribution in [0.4, 0.5) is 5.95 Å². The van der Waals surface area contributed by atoms with E-state index in [1.54, 1.807) is 6.20 Å². The summed E-state index contributed by atoms with van der Waals surface area (Å²) in [6.45, 7) is 5.20. The van der Waals surface area contributed by atoms with Crippen LogP contribution in [-0.4, -0.2) is 30.6 Å². The van der Waals surface area contributed by atoms with Gasteiger partial charge in [0.05, 0.1) is 5.69 Å². The average Bonchev–Trinajstić information content (AvgIpc) is 2.17. The van der Waals surface area contributed by atoms with Gasteiger partial charge in [-0.1, -0.05) is 22.5 Å². The van der Waals surface area contributed by atoms with Crippen molar-refractivity contribution in [3.63, 3.8) is 0 Å². The van der Waals surface area contributed by atoms with Crippen LogP contribution in [0.1, 0.15) is 5.69 Å². The quantitative estimate of drug-likeness (QED) is 0.882. The monoisotopic (exact) mass is 270 g/mol. The lowest BCUT2D eigenvalue weighted by Gasteiger charge is -2.10. The first-order valence-corrected chi connectivity index (χ1v) is 5.42. The van der Waals surface area contributed by atoms with Gasteiger partial charge < -0.3 is 10.2 Å². The zero-order valence-electron chi connectivity index (χ0n) is 9.00. The maximum absolute atomic E-state index is 4.38. The first kappa shape index (κ1) is 12.1. The summed E-state index contributed by atoms with van der Waals surface area (Å²) in [5.41, 5.74) is 0.974. The number of rotatable bonds is 5. The smallest absolute Gasteiger partial charge is 0.225 e. The van der Waals surface area contributed by atoms with Gasteiger partial charge in [-0.2, -0.15) is 0 Å². The van der Waals surface area contributed by atoms with Crippen molar-refractivity contribution in [1.29, 1.82) is 0 Å². The molecule has 0 aliphatic heterocycles. The summed E-state index contributed by atoms with van der Waals surface area (Å²) < 4.78 is 0.935. The Morgan fingerprint density at radius 2 is 2.33 bits per heavy atom. The molecule has 5 heteroatoms. The zero-order valence-corrected chi connectivity index (χ0v) is 10.6. The first-order chi connectivity index (χ1) is 7.09. The van der Waals surface area contributed by atoms with Crippen LogP contribution in [0.3, 0.4) is 0 Å². The zero-order chi connectivity index (χ0) is 11.3. The molecule has 0 saturated heterocycles. The number of anilines is 1. The number of nitrogens with zero attached hydrogens (tertiary/aromatic N) is 3. The Morgan fingerprint density at radius 1 is 1.60 bits per heavy atom. The molecule has 1 rings (SSSR count). The van der Waals surface area contributed by atoms with Gasteiger partial charge in [0.2, 0.25) is 5.95 Å². The molecule has 82 valence electrons. The summed E-state index contributed by atoms with van der Waals surface area (Å²) in [5, 5.41) is 3.21. The van der Waals surface area contributed by atoms with Crippen molar-refractivity contribution in [2.75, 3.05) is 25.5 Å². The summed E-state index contributed by atoms with van der Waals surface area (Å²) in [7, 11) is 3.85. The molecule has 4 nitrogen and oxygen atoms in total. The minimum atomic E-state index is 0.716. The van der Waals surface area contributed by atoms with E-state index in [2.05, 4.69) is 37.8 Å². The highest BCUT2D eigenvalue weighted by molar-refractivity contribution is 9.11. The molecule has 15 heavy (non-hydrogen) atoms. The Labute approximate surface area is 98.5 Å². The summed E-state index contributed by atoms with van der Waals surface area (Å²) in [5.74, 6) is 0.729. The summed E-state index contributed by atoms with van der Waals surface area (Å²) in [4.78, 5) is 10.4. The SMILES string of the molecule is C=C(Br)CNCc1ccnc(N(C)C)n1. The molecule has 0 aliphatic rings. The number of hydrogen-bond acceptors (Lipinski definition) is 4. The van der Waals surface area contributed by atoms with Gasteiger partial charge in [-0.25, -0.2) is 9.97 Å². The summed E-state index contributed by atoms with van der Waals surface area (Å²) >= 11 is 3.29. The highest BCUT2D eigenvalue weighted by Gasteiger charge is 2.00. The Balaban J connectivity index is 2.54. The number of nitrogens with one attached hydrogen (secondary N) is 1. The molecule has 0 atom stereocenters. The van der Waals surface area contributed by atoms with Crippen LogP contribution in [0.5, 0.6) is 0 Å². The lowest BCUT2D eigenvalue weighted by molar-refractivity contribution is 0.733. The van der Waals surface area contributed by atoms with Crippen LogP contribution >= 0.6 is 15.9 Å². The van der Waals surface area contributed by atoms with E-state index in [1.807, 2.05) is 25.1 Å². The van der Waals surface area contributed by atoms with E-state index in [0.29, 0.717) is 6.54 Å². The molecule has 0 spiro atoms. The molecule has 0 unspecified atom stereocenters. The van der Waals surface area contributed by atoms with E-state index in [-0.39, 0.29) is 0 Å². The third kappa shape index (κ3) is 4.40. The van der Waals surface area contributed by atoms with Gasteiger partial charge in [-0.15, -0.1) is 0 Å². The number of hydrogen-bond donors (Lipinski definition) is 1. The minimum Gasteiger partial charge on any atom is -0.347 e. The first-order valence-electron chi connectivity index (χ1n) is 4.63. The van der Waals surface area contributed by atoms with Crippen LogP contribution in [0.15, 0.2) is 23.3 Å². The van der Waals surface area contributed by atoms with E-state index in [4.69, 9.17) is 0 Å².